The molecule has 1 saturated heterocycles. The molecule has 0 aromatic rings. The van der Waals surface area contributed by atoms with E-state index >= 15 is 0 Å². The highest BCUT2D eigenvalue weighted by molar-refractivity contribution is 6.11. The molecule has 0 aliphatic carbocycles. The van der Waals surface area contributed by atoms with Crippen LogP contribution in [0, 0.1) is 0 Å². The molecule has 0 amide bonds. The molecule has 0 bridgehead atoms. The Morgan fingerprint density at radius 1 is 1.56 bits per heavy atom. The van der Waals surface area contributed by atoms with E-state index in [-0.39, 0.29) is 12.1 Å². The third-order valence-electron chi connectivity index (χ3n) is 1.01. The molecule has 3 heteroatoms. The van der Waals surface area contributed by atoms with E-state index < -0.39 is 0 Å². The number of ether oxygens (including phenoxy) is 1. The van der Waals surface area contributed by atoms with Crippen molar-refractivity contribution in [2.24, 2.45) is 0 Å². The normalized spacial score (nSPS) is 33.2. The average Bonchev–Trinajstić information content (AvgIpc) is 2.20. The van der Waals surface area contributed by atoms with E-state index in [4.69, 9.17) is 17.7 Å². The Morgan fingerprint density at radius 3 is 2.22 bits per heavy atom. The van der Waals surface area contributed by atoms with Crippen molar-refractivity contribution in [1.82, 2.24) is 0 Å². The summed E-state index contributed by atoms with van der Waals surface area (Å²) in [5, 5.41) is 8.69. The molecule has 9 heavy (non-hydrogen) atoms. The summed E-state index contributed by atoms with van der Waals surface area (Å²) in [5.74, 6) is 0. The van der Waals surface area contributed by atoms with Gasteiger partial charge in [-0.1, -0.05) is 13.8 Å². The van der Waals surface area contributed by atoms with Gasteiger partial charge in [-0.3, -0.25) is 0 Å². The molecule has 2 atom stereocenters. The van der Waals surface area contributed by atoms with Crippen LogP contribution < -0.4 is 0 Å². The molecule has 1 heterocycles. The number of aliphatic hydroxyl groups is 1. The first kappa shape index (κ1) is 8.98. The highest BCUT2D eigenvalue weighted by Gasteiger charge is 2.17. The maximum atomic E-state index is 8.69. The second-order valence-corrected chi connectivity index (χ2v) is 1.76. The summed E-state index contributed by atoms with van der Waals surface area (Å²) in [6.07, 6.45) is 0.259. The van der Waals surface area contributed by atoms with E-state index in [1.165, 1.54) is 0 Å². The summed E-state index contributed by atoms with van der Waals surface area (Å²) in [6.45, 7) is 4.40. The Hall–Kier alpha value is -0.0151. The van der Waals surface area contributed by atoms with Gasteiger partial charge in [0.2, 0.25) is 0 Å². The van der Waals surface area contributed by atoms with Crippen LogP contribution in [0.15, 0.2) is 0 Å². The Morgan fingerprint density at radius 2 is 2.11 bits per heavy atom. The zero-order valence-corrected chi connectivity index (χ0v) is 6.00. The molecule has 1 aliphatic rings. The second-order valence-electron chi connectivity index (χ2n) is 1.76. The summed E-state index contributed by atoms with van der Waals surface area (Å²) in [5.41, 5.74) is 0. The van der Waals surface area contributed by atoms with Crippen molar-refractivity contribution in [3.05, 3.63) is 0 Å². The predicted molar refractivity (Wildman–Crippen MR) is 37.5 cm³/mol. The number of rotatable bonds is 0. The molecule has 0 aromatic heterocycles. The highest BCUT2D eigenvalue weighted by Crippen LogP contribution is 2.08. The van der Waals surface area contributed by atoms with Gasteiger partial charge in [-0.25, -0.2) is 0 Å². The molecule has 0 saturated carbocycles. The smallest absolute Gasteiger partial charge is 0.109 e. The summed E-state index contributed by atoms with van der Waals surface area (Å²) in [6, 6.07) is -0.227. The van der Waals surface area contributed by atoms with Crippen LogP contribution in [0.3, 0.4) is 0 Å². The molecule has 0 spiro atoms. The third kappa shape index (κ3) is 3.54. The topological polar surface area (TPSA) is 29.5 Å². The Bertz CT molecular complexity index is 60.1. The van der Waals surface area contributed by atoms with Crippen molar-refractivity contribution >= 4 is 7.85 Å². The quantitative estimate of drug-likeness (QED) is 0.475. The summed E-state index contributed by atoms with van der Waals surface area (Å²) >= 11 is 0. The van der Waals surface area contributed by atoms with Crippen molar-refractivity contribution in [1.29, 1.82) is 0 Å². The fourth-order valence-corrected chi connectivity index (χ4v) is 0.639. The van der Waals surface area contributed by atoms with E-state index in [0.29, 0.717) is 13.0 Å². The fraction of sp³-hybridized carbons (Fsp3) is 1.00. The van der Waals surface area contributed by atoms with Crippen molar-refractivity contribution in [2.75, 3.05) is 6.61 Å². The molecule has 1 rings (SSSR count). The first-order chi connectivity index (χ1) is 4.29. The molecule has 2 radical (unpaired) electrons. The predicted octanol–water partition coefficient (Wildman–Crippen LogP) is 0.288. The van der Waals surface area contributed by atoms with E-state index in [0.717, 1.165) is 0 Å². The summed E-state index contributed by atoms with van der Waals surface area (Å²) in [4.78, 5) is 0. The summed E-state index contributed by atoms with van der Waals surface area (Å²) in [7, 11) is 5.24. The van der Waals surface area contributed by atoms with Crippen LogP contribution in [-0.4, -0.2) is 31.7 Å². The minimum atomic E-state index is -0.324. The third-order valence-corrected chi connectivity index (χ3v) is 1.01. The van der Waals surface area contributed by atoms with Crippen molar-refractivity contribution in [3.63, 3.8) is 0 Å². The van der Waals surface area contributed by atoms with E-state index in [1.54, 1.807) is 0 Å². The standard InChI is InChI=1S/C4H7BO2.C2H6/c5-4-1-3(6)2-7-4;1-2/h3-4,6H,1-2H2;1-2H3. The van der Waals surface area contributed by atoms with Crippen LogP contribution in [0.4, 0.5) is 0 Å². The first-order valence-electron chi connectivity index (χ1n) is 3.34. The van der Waals surface area contributed by atoms with E-state index in [1.807, 2.05) is 13.8 Å². The van der Waals surface area contributed by atoms with Crippen LogP contribution >= 0.6 is 0 Å². The Kier molecular flexibility index (Phi) is 4.82. The molecule has 2 nitrogen and oxygen atoms in total. The van der Waals surface area contributed by atoms with Gasteiger partial charge in [0.15, 0.2) is 0 Å². The van der Waals surface area contributed by atoms with Crippen molar-refractivity contribution in [3.8, 4) is 0 Å². The zero-order chi connectivity index (χ0) is 7.28. The van der Waals surface area contributed by atoms with Gasteiger partial charge in [0, 0.05) is 6.00 Å². The zero-order valence-electron chi connectivity index (χ0n) is 6.00. The van der Waals surface area contributed by atoms with E-state index in [2.05, 4.69) is 0 Å². The van der Waals surface area contributed by atoms with Crippen molar-refractivity contribution in [2.45, 2.75) is 32.4 Å². The van der Waals surface area contributed by atoms with Gasteiger partial charge >= 0.3 is 0 Å². The molecule has 1 fully saturated rings. The Balaban J connectivity index is 0.000000291. The van der Waals surface area contributed by atoms with Gasteiger partial charge in [0.1, 0.15) is 7.85 Å². The lowest BCUT2D eigenvalue weighted by Gasteiger charge is -1.94. The molecule has 2 unspecified atom stereocenters. The minimum absolute atomic E-state index is 0.227. The fourth-order valence-electron chi connectivity index (χ4n) is 0.639. The number of hydrogen-bond acceptors (Lipinski definition) is 2. The first-order valence-corrected chi connectivity index (χ1v) is 3.34. The van der Waals surface area contributed by atoms with Crippen LogP contribution in [0.2, 0.25) is 0 Å². The molecule has 0 aromatic carbocycles. The monoisotopic (exact) mass is 128 g/mol. The minimum Gasteiger partial charge on any atom is -0.391 e. The Labute approximate surface area is 57.6 Å². The lowest BCUT2D eigenvalue weighted by atomic mass is 9.97. The maximum Gasteiger partial charge on any atom is 0.109 e. The number of aliphatic hydroxyl groups excluding tert-OH is 1. The van der Waals surface area contributed by atoms with Gasteiger partial charge in [0.05, 0.1) is 12.7 Å². The van der Waals surface area contributed by atoms with Crippen LogP contribution in [-0.2, 0) is 4.74 Å². The molecular formula is C6H13BO2. The van der Waals surface area contributed by atoms with Gasteiger partial charge in [-0.15, -0.1) is 0 Å². The number of hydrogen-bond donors (Lipinski definition) is 1. The molecule has 1 aliphatic heterocycles. The van der Waals surface area contributed by atoms with Crippen molar-refractivity contribution < 1.29 is 9.84 Å². The van der Waals surface area contributed by atoms with Gasteiger partial charge in [-0.2, -0.15) is 0 Å². The maximum absolute atomic E-state index is 8.69. The van der Waals surface area contributed by atoms with Gasteiger partial charge in [0.25, 0.3) is 0 Å². The van der Waals surface area contributed by atoms with Gasteiger partial charge in [-0.05, 0) is 6.42 Å². The van der Waals surface area contributed by atoms with Gasteiger partial charge < -0.3 is 9.84 Å². The lowest BCUT2D eigenvalue weighted by molar-refractivity contribution is 0.117. The van der Waals surface area contributed by atoms with Crippen LogP contribution in [0.25, 0.3) is 0 Å². The molecule has 52 valence electrons. The summed E-state index contributed by atoms with van der Waals surface area (Å²) < 4.78 is 4.79. The van der Waals surface area contributed by atoms with Crippen LogP contribution in [0.1, 0.15) is 20.3 Å². The lowest BCUT2D eigenvalue weighted by Crippen LogP contribution is -2.05. The largest absolute Gasteiger partial charge is 0.391 e. The molecular weight excluding hydrogens is 115 g/mol. The highest BCUT2D eigenvalue weighted by atomic mass is 16.5. The molecule has 1 N–H and O–H groups in total. The van der Waals surface area contributed by atoms with Crippen LogP contribution in [0.5, 0.6) is 0 Å². The van der Waals surface area contributed by atoms with E-state index in [9.17, 15) is 0 Å². The average molecular weight is 128 g/mol. The SMILES string of the molecule is CC.[B]C1CC(O)CO1. The second kappa shape index (κ2) is 4.83.